The number of hydrogen-bond donors (Lipinski definition) is 0. The van der Waals surface area contributed by atoms with Crippen LogP contribution in [0.2, 0.25) is 0 Å². The van der Waals surface area contributed by atoms with Crippen LogP contribution >= 0.6 is 0 Å². The molecule has 7 heteroatoms. The number of carbonyl (C=O) groups is 1. The number of aromatic nitrogens is 1. The third kappa shape index (κ3) is 3.43. The van der Waals surface area contributed by atoms with Crippen molar-refractivity contribution in [1.29, 1.82) is 0 Å². The lowest BCUT2D eigenvalue weighted by atomic mass is 10.1. The lowest BCUT2D eigenvalue weighted by Crippen LogP contribution is -2.36. The number of amides is 1. The lowest BCUT2D eigenvalue weighted by Gasteiger charge is -2.29. The molecule has 0 bridgehead atoms. The second kappa shape index (κ2) is 6.96. The minimum absolute atomic E-state index is 0.0559. The van der Waals surface area contributed by atoms with E-state index in [0.29, 0.717) is 25.1 Å². The quantitative estimate of drug-likeness (QED) is 0.808. The molecular weight excluding hydrogens is 362 g/mol. The summed E-state index contributed by atoms with van der Waals surface area (Å²) in [5.74, 6) is 0.327. The Kier molecular flexibility index (Phi) is 4.63. The molecule has 0 spiro atoms. The Labute approximate surface area is 159 Å². The van der Waals surface area contributed by atoms with Gasteiger partial charge in [0.25, 0.3) is 5.91 Å². The molecule has 1 aromatic carbocycles. The van der Waals surface area contributed by atoms with E-state index in [0.717, 1.165) is 17.8 Å². The number of hydrogen-bond acceptors (Lipinski definition) is 5. The molecule has 27 heavy (non-hydrogen) atoms. The Morgan fingerprint density at radius 2 is 2.11 bits per heavy atom. The zero-order valence-electron chi connectivity index (χ0n) is 15.3. The van der Waals surface area contributed by atoms with Crippen molar-refractivity contribution in [3.63, 3.8) is 0 Å². The largest absolute Gasteiger partial charge is 0.367 e. The molecule has 2 aliphatic heterocycles. The molecule has 4 rings (SSSR count). The van der Waals surface area contributed by atoms with Crippen LogP contribution in [0.1, 0.15) is 29.3 Å². The van der Waals surface area contributed by atoms with Crippen LogP contribution in [0, 0.1) is 0 Å². The van der Waals surface area contributed by atoms with Gasteiger partial charge >= 0.3 is 0 Å². The molecular formula is C20H23N3O3S. The van der Waals surface area contributed by atoms with Crippen molar-refractivity contribution < 1.29 is 13.2 Å². The fraction of sp³-hybridized carbons (Fsp3) is 0.400. The van der Waals surface area contributed by atoms with Crippen LogP contribution in [0.15, 0.2) is 42.7 Å². The number of para-hydroxylation sites is 1. The first-order chi connectivity index (χ1) is 13.0. The van der Waals surface area contributed by atoms with E-state index < -0.39 is 9.84 Å². The van der Waals surface area contributed by atoms with Gasteiger partial charge in [-0.15, -0.1) is 0 Å². The van der Waals surface area contributed by atoms with Crippen molar-refractivity contribution in [2.24, 2.45) is 0 Å². The summed E-state index contributed by atoms with van der Waals surface area (Å²) in [6.45, 7) is 3.34. The molecule has 142 valence electrons. The molecule has 0 saturated carbocycles. The summed E-state index contributed by atoms with van der Waals surface area (Å²) >= 11 is 0. The molecule has 0 N–H and O–H groups in total. The van der Waals surface area contributed by atoms with Gasteiger partial charge in [0, 0.05) is 31.0 Å². The van der Waals surface area contributed by atoms with E-state index in [9.17, 15) is 13.2 Å². The smallest absolute Gasteiger partial charge is 0.259 e. The maximum atomic E-state index is 13.1. The van der Waals surface area contributed by atoms with Gasteiger partial charge in [0.15, 0.2) is 9.84 Å². The average Bonchev–Trinajstić information content (AvgIpc) is 3.25. The van der Waals surface area contributed by atoms with Crippen LogP contribution in [0.4, 0.5) is 11.4 Å². The summed E-state index contributed by atoms with van der Waals surface area (Å²) in [7, 11) is -2.97. The molecule has 0 aliphatic carbocycles. The van der Waals surface area contributed by atoms with E-state index in [-0.39, 0.29) is 23.5 Å². The van der Waals surface area contributed by atoms with Crippen molar-refractivity contribution in [2.75, 3.05) is 34.4 Å². The van der Waals surface area contributed by atoms with Crippen LogP contribution in [0.3, 0.4) is 0 Å². The van der Waals surface area contributed by atoms with Crippen LogP contribution in [-0.4, -0.2) is 49.9 Å². The molecule has 1 fully saturated rings. The van der Waals surface area contributed by atoms with Gasteiger partial charge in [-0.25, -0.2) is 8.42 Å². The Bertz CT molecular complexity index is 974. The third-order valence-corrected chi connectivity index (χ3v) is 7.17. The summed E-state index contributed by atoms with van der Waals surface area (Å²) in [5, 5.41) is 0. The molecule has 2 aromatic rings. The summed E-state index contributed by atoms with van der Waals surface area (Å²) in [6, 6.07) is 9.74. The first-order valence-electron chi connectivity index (χ1n) is 9.30. The molecule has 1 aromatic heterocycles. The van der Waals surface area contributed by atoms with E-state index in [2.05, 4.69) is 11.1 Å². The minimum Gasteiger partial charge on any atom is -0.367 e. The highest BCUT2D eigenvalue weighted by atomic mass is 32.2. The molecule has 3 heterocycles. The molecule has 1 amide bonds. The number of fused-ring (bicyclic) bond motifs is 1. The molecule has 0 radical (unpaired) electrons. The molecule has 2 aliphatic rings. The monoisotopic (exact) mass is 385 g/mol. The van der Waals surface area contributed by atoms with E-state index in [1.807, 2.05) is 36.1 Å². The second-order valence-electron chi connectivity index (χ2n) is 7.11. The lowest BCUT2D eigenvalue weighted by molar-refractivity contribution is 0.0989. The SMILES string of the molecule is CCN(c1cncc(C(=O)N2CCc3ccccc32)c1)C1CCS(=O)(=O)C1. The van der Waals surface area contributed by atoms with Gasteiger partial charge < -0.3 is 9.80 Å². The Balaban J connectivity index is 1.60. The molecule has 1 atom stereocenters. The first kappa shape index (κ1) is 18.0. The summed E-state index contributed by atoms with van der Waals surface area (Å²) in [4.78, 5) is 21.2. The van der Waals surface area contributed by atoms with Crippen molar-refractivity contribution in [2.45, 2.75) is 25.8 Å². The summed E-state index contributed by atoms with van der Waals surface area (Å²) in [5.41, 5.74) is 3.48. The Hall–Kier alpha value is -2.41. The van der Waals surface area contributed by atoms with Crippen molar-refractivity contribution in [3.8, 4) is 0 Å². The van der Waals surface area contributed by atoms with E-state index in [1.165, 1.54) is 5.56 Å². The number of nitrogens with zero attached hydrogens (tertiary/aromatic N) is 3. The van der Waals surface area contributed by atoms with Crippen LogP contribution in [-0.2, 0) is 16.3 Å². The van der Waals surface area contributed by atoms with E-state index in [1.54, 1.807) is 17.3 Å². The van der Waals surface area contributed by atoms with Gasteiger partial charge in [-0.3, -0.25) is 9.78 Å². The van der Waals surface area contributed by atoms with Crippen molar-refractivity contribution in [1.82, 2.24) is 4.98 Å². The fourth-order valence-corrected chi connectivity index (χ4v) is 5.81. The Morgan fingerprint density at radius 3 is 2.85 bits per heavy atom. The van der Waals surface area contributed by atoms with Gasteiger partial charge in [-0.2, -0.15) is 0 Å². The highest BCUT2D eigenvalue weighted by Gasteiger charge is 2.32. The molecule has 6 nitrogen and oxygen atoms in total. The number of rotatable bonds is 4. The van der Waals surface area contributed by atoms with E-state index >= 15 is 0 Å². The third-order valence-electron chi connectivity index (χ3n) is 5.42. The van der Waals surface area contributed by atoms with Crippen molar-refractivity contribution >= 4 is 27.1 Å². The number of sulfone groups is 1. The van der Waals surface area contributed by atoms with E-state index in [4.69, 9.17) is 0 Å². The van der Waals surface area contributed by atoms with Crippen LogP contribution in [0.25, 0.3) is 0 Å². The topological polar surface area (TPSA) is 70.6 Å². The molecule has 1 saturated heterocycles. The highest BCUT2D eigenvalue weighted by Crippen LogP contribution is 2.30. The number of carbonyl (C=O) groups excluding carboxylic acids is 1. The first-order valence-corrected chi connectivity index (χ1v) is 11.1. The van der Waals surface area contributed by atoms with Gasteiger partial charge in [0.2, 0.25) is 0 Å². The average molecular weight is 385 g/mol. The summed E-state index contributed by atoms with van der Waals surface area (Å²) < 4.78 is 23.7. The standard InChI is InChI=1S/C20H23N3O3S/c1-2-22(17-8-10-27(25,26)14-17)18-11-16(12-21-13-18)20(24)23-9-7-15-5-3-4-6-19(15)23/h3-6,11-13,17H,2,7-10,14H2,1H3. The maximum absolute atomic E-state index is 13.1. The minimum atomic E-state index is -2.97. The fourth-order valence-electron chi connectivity index (χ4n) is 4.08. The second-order valence-corrected chi connectivity index (χ2v) is 9.34. The van der Waals surface area contributed by atoms with Gasteiger partial charge in [-0.1, -0.05) is 18.2 Å². The number of benzene rings is 1. The number of anilines is 2. The highest BCUT2D eigenvalue weighted by molar-refractivity contribution is 7.91. The summed E-state index contributed by atoms with van der Waals surface area (Å²) in [6.07, 6.45) is 4.78. The predicted molar refractivity (Wildman–Crippen MR) is 106 cm³/mol. The predicted octanol–water partition coefficient (Wildman–Crippen LogP) is 2.30. The number of pyridine rings is 1. The zero-order valence-corrected chi connectivity index (χ0v) is 16.2. The normalized spacial score (nSPS) is 20.5. The Morgan fingerprint density at radius 1 is 1.30 bits per heavy atom. The maximum Gasteiger partial charge on any atom is 0.259 e. The van der Waals surface area contributed by atoms with Gasteiger partial charge in [0.05, 0.1) is 29.0 Å². The van der Waals surface area contributed by atoms with Crippen molar-refractivity contribution in [3.05, 3.63) is 53.9 Å². The van der Waals surface area contributed by atoms with Gasteiger partial charge in [0.1, 0.15) is 0 Å². The zero-order chi connectivity index (χ0) is 19.0. The molecule has 1 unspecified atom stereocenters. The van der Waals surface area contributed by atoms with Gasteiger partial charge in [-0.05, 0) is 37.5 Å². The van der Waals surface area contributed by atoms with Crippen LogP contribution < -0.4 is 9.80 Å². The van der Waals surface area contributed by atoms with Crippen LogP contribution in [0.5, 0.6) is 0 Å².